The molecule has 188 valence electrons. The number of rotatable bonds is 17. The van der Waals surface area contributed by atoms with E-state index in [9.17, 15) is 9.59 Å². The number of carbonyl (C=O) groups is 2. The van der Waals surface area contributed by atoms with E-state index in [0.29, 0.717) is 35.8 Å². The summed E-state index contributed by atoms with van der Waals surface area (Å²) >= 11 is 0. The molecular weight excluding hydrogens is 430 g/mol. The Labute approximate surface area is 204 Å². The third kappa shape index (κ3) is 7.71. The van der Waals surface area contributed by atoms with E-state index in [1.807, 2.05) is 6.92 Å². The number of hydrogen-bond acceptors (Lipinski definition) is 6. The normalized spacial score (nSPS) is 13.2. The van der Waals surface area contributed by atoms with Gasteiger partial charge >= 0.3 is 0 Å². The van der Waals surface area contributed by atoms with Crippen LogP contribution in [0.1, 0.15) is 117 Å². The number of carbonyl (C=O) groups excluding carboxylic acids is 2. The molecule has 0 bridgehead atoms. The van der Waals surface area contributed by atoms with Crippen LogP contribution < -0.4 is 9.47 Å². The van der Waals surface area contributed by atoms with Crippen molar-refractivity contribution in [3.63, 3.8) is 0 Å². The van der Waals surface area contributed by atoms with Crippen molar-refractivity contribution in [3.05, 3.63) is 34.9 Å². The second-order valence-electron chi connectivity index (χ2n) is 8.77. The third-order valence-corrected chi connectivity index (χ3v) is 6.09. The number of methoxy groups -OCH3 is 2. The fourth-order valence-corrected chi connectivity index (χ4v) is 4.25. The minimum atomic E-state index is -0.278. The van der Waals surface area contributed by atoms with Crippen LogP contribution in [-0.4, -0.2) is 38.1 Å². The zero-order valence-electron chi connectivity index (χ0n) is 21.4. The van der Waals surface area contributed by atoms with Gasteiger partial charge in [-0.3, -0.25) is 9.59 Å². The zero-order chi connectivity index (χ0) is 24.8. The van der Waals surface area contributed by atoms with Crippen LogP contribution in [0, 0.1) is 0 Å². The van der Waals surface area contributed by atoms with Gasteiger partial charge in [-0.05, 0) is 37.5 Å². The van der Waals surface area contributed by atoms with Gasteiger partial charge in [0.25, 0.3) is 0 Å². The van der Waals surface area contributed by atoms with Crippen LogP contribution in [0.4, 0.5) is 0 Å². The lowest BCUT2D eigenvalue weighted by Crippen LogP contribution is -2.18. The molecule has 0 fully saturated rings. The molecule has 0 radical (unpaired) electrons. The molecule has 1 aromatic rings. The summed E-state index contributed by atoms with van der Waals surface area (Å²) in [7, 11) is 3.00. The van der Waals surface area contributed by atoms with E-state index < -0.39 is 0 Å². The van der Waals surface area contributed by atoms with Gasteiger partial charge in [0.15, 0.2) is 11.6 Å². The van der Waals surface area contributed by atoms with Crippen LogP contribution in [0.15, 0.2) is 23.4 Å². The van der Waals surface area contributed by atoms with E-state index in [2.05, 4.69) is 12.1 Å². The molecule has 1 aromatic carbocycles. The van der Waals surface area contributed by atoms with Crippen molar-refractivity contribution in [2.45, 2.75) is 90.9 Å². The molecular formula is C28H41NO5. The summed E-state index contributed by atoms with van der Waals surface area (Å²) in [6, 6.07) is 1.74. The zero-order valence-corrected chi connectivity index (χ0v) is 21.4. The number of benzene rings is 1. The van der Waals surface area contributed by atoms with Crippen molar-refractivity contribution in [2.24, 2.45) is 5.16 Å². The average Bonchev–Trinajstić information content (AvgIpc) is 2.85. The fraction of sp³-hybridized carbons (Fsp3) is 0.607. The molecule has 0 saturated carbocycles. The van der Waals surface area contributed by atoms with Gasteiger partial charge in [-0.25, -0.2) is 0 Å². The van der Waals surface area contributed by atoms with E-state index >= 15 is 0 Å². The second-order valence-corrected chi connectivity index (χ2v) is 8.77. The summed E-state index contributed by atoms with van der Waals surface area (Å²) < 4.78 is 11.1. The summed E-state index contributed by atoms with van der Waals surface area (Å²) in [5.74, 6) is 0.148. The van der Waals surface area contributed by atoms with Crippen molar-refractivity contribution in [2.75, 3.05) is 20.8 Å². The minimum absolute atomic E-state index is 0.232. The third-order valence-electron chi connectivity index (χ3n) is 6.09. The first-order valence-corrected chi connectivity index (χ1v) is 12.8. The molecule has 0 spiro atoms. The molecule has 0 amide bonds. The van der Waals surface area contributed by atoms with Crippen molar-refractivity contribution in [1.29, 1.82) is 0 Å². The number of unbranched alkanes of at least 4 members (excludes halogenated alkanes) is 9. The molecule has 0 atom stereocenters. The van der Waals surface area contributed by atoms with Crippen molar-refractivity contribution < 1.29 is 23.9 Å². The number of fused-ring (bicyclic) bond motifs is 1. The van der Waals surface area contributed by atoms with Gasteiger partial charge < -0.3 is 14.3 Å². The van der Waals surface area contributed by atoms with E-state index in [0.717, 1.165) is 19.3 Å². The van der Waals surface area contributed by atoms with Crippen LogP contribution >= 0.6 is 0 Å². The molecule has 1 aliphatic carbocycles. The Hall–Kier alpha value is -2.63. The van der Waals surface area contributed by atoms with Gasteiger partial charge in [0, 0.05) is 5.56 Å². The lowest BCUT2D eigenvalue weighted by Gasteiger charge is -2.20. The first-order chi connectivity index (χ1) is 16.6. The Kier molecular flexibility index (Phi) is 12.4. The molecule has 0 aromatic heterocycles. The lowest BCUT2D eigenvalue weighted by molar-refractivity contribution is 0.0989. The summed E-state index contributed by atoms with van der Waals surface area (Å²) in [5.41, 5.74) is 1.82. The number of allylic oxidation sites excluding steroid dienone is 2. The number of nitrogens with zero attached hydrogens (tertiary/aromatic N) is 1. The number of ether oxygens (including phenoxy) is 2. The van der Waals surface area contributed by atoms with Crippen LogP contribution in [-0.2, 0) is 4.84 Å². The van der Waals surface area contributed by atoms with Gasteiger partial charge in [-0.15, -0.1) is 0 Å². The minimum Gasteiger partial charge on any atom is -0.496 e. The van der Waals surface area contributed by atoms with Crippen molar-refractivity contribution >= 4 is 17.3 Å². The molecule has 0 saturated heterocycles. The van der Waals surface area contributed by atoms with Crippen LogP contribution in [0.25, 0.3) is 0 Å². The Bertz CT molecular complexity index is 872. The van der Waals surface area contributed by atoms with Gasteiger partial charge in [-0.2, -0.15) is 0 Å². The van der Waals surface area contributed by atoms with Gasteiger partial charge in [-0.1, -0.05) is 76.8 Å². The number of hydrogen-bond donors (Lipinski definition) is 0. The highest BCUT2D eigenvalue weighted by molar-refractivity contribution is 6.25. The molecule has 0 unspecified atom stereocenters. The maximum atomic E-state index is 12.7. The highest BCUT2D eigenvalue weighted by atomic mass is 16.6. The smallest absolute Gasteiger partial charge is 0.190 e. The van der Waals surface area contributed by atoms with E-state index in [4.69, 9.17) is 14.3 Å². The summed E-state index contributed by atoms with van der Waals surface area (Å²) in [4.78, 5) is 30.8. The van der Waals surface area contributed by atoms with E-state index in [1.165, 1.54) is 77.7 Å². The molecule has 2 rings (SSSR count). The summed E-state index contributed by atoms with van der Waals surface area (Å²) in [6.07, 6.45) is 16.5. The molecule has 0 aliphatic heterocycles. The quantitative estimate of drug-likeness (QED) is 0.138. The van der Waals surface area contributed by atoms with E-state index in [-0.39, 0.29) is 22.7 Å². The SMILES string of the molecule is CCCCCCCCCCCC/C(=N/OCCC)c1cc(OC)c2c(c1OC)C(=O)C=CC2=O. The number of oxime groups is 1. The predicted octanol–water partition coefficient (Wildman–Crippen LogP) is 7.08. The maximum absolute atomic E-state index is 12.7. The largest absolute Gasteiger partial charge is 0.496 e. The molecule has 6 heteroatoms. The Morgan fingerprint density at radius 2 is 1.35 bits per heavy atom. The highest BCUT2D eigenvalue weighted by Crippen LogP contribution is 2.38. The Balaban J connectivity index is 2.14. The number of ketones is 2. The second kappa shape index (κ2) is 15.3. The first-order valence-electron chi connectivity index (χ1n) is 12.8. The van der Waals surface area contributed by atoms with Gasteiger partial charge in [0.05, 0.1) is 31.1 Å². The average molecular weight is 472 g/mol. The standard InChI is InChI=1S/C28H41NO5/c1-5-7-8-9-10-11-12-13-14-15-16-22(29-34-19-6-2)21-20-25(32-3)26-23(30)17-18-24(31)27(26)28(21)33-4/h17-18,20H,5-16,19H2,1-4H3/b29-22-. The van der Waals surface area contributed by atoms with E-state index in [1.54, 1.807) is 6.07 Å². The van der Waals surface area contributed by atoms with Gasteiger partial charge in [0.2, 0.25) is 0 Å². The van der Waals surface area contributed by atoms with Crippen molar-refractivity contribution in [1.82, 2.24) is 0 Å². The monoisotopic (exact) mass is 471 g/mol. The van der Waals surface area contributed by atoms with Crippen LogP contribution in [0.3, 0.4) is 0 Å². The lowest BCUT2D eigenvalue weighted by atomic mass is 9.88. The van der Waals surface area contributed by atoms with Crippen LogP contribution in [0.2, 0.25) is 0 Å². The fourth-order valence-electron chi connectivity index (χ4n) is 4.25. The Morgan fingerprint density at radius 1 is 0.765 bits per heavy atom. The highest BCUT2D eigenvalue weighted by Gasteiger charge is 2.31. The van der Waals surface area contributed by atoms with Gasteiger partial charge in [0.1, 0.15) is 18.1 Å². The predicted molar refractivity (Wildman–Crippen MR) is 137 cm³/mol. The summed E-state index contributed by atoms with van der Waals surface area (Å²) in [6.45, 7) is 4.78. The topological polar surface area (TPSA) is 74.2 Å². The molecule has 0 N–H and O–H groups in total. The summed E-state index contributed by atoms with van der Waals surface area (Å²) in [5, 5.41) is 4.40. The molecule has 34 heavy (non-hydrogen) atoms. The first kappa shape index (κ1) is 27.6. The molecule has 0 heterocycles. The molecule has 6 nitrogen and oxygen atoms in total. The Morgan fingerprint density at radius 3 is 1.91 bits per heavy atom. The van der Waals surface area contributed by atoms with Crippen LogP contribution in [0.5, 0.6) is 11.5 Å². The maximum Gasteiger partial charge on any atom is 0.190 e. The molecule has 1 aliphatic rings. The van der Waals surface area contributed by atoms with Crippen molar-refractivity contribution in [3.8, 4) is 11.5 Å².